The summed E-state index contributed by atoms with van der Waals surface area (Å²) in [5.74, 6) is 0.159. The molecule has 31 heavy (non-hydrogen) atoms. The lowest BCUT2D eigenvalue weighted by Gasteiger charge is -2.13. The van der Waals surface area contributed by atoms with Crippen LogP contribution in [-0.2, 0) is 6.61 Å². The van der Waals surface area contributed by atoms with Crippen LogP contribution < -0.4 is 9.47 Å². The van der Waals surface area contributed by atoms with Crippen molar-refractivity contribution >= 4 is 29.2 Å². The molecule has 0 saturated carbocycles. The van der Waals surface area contributed by atoms with Gasteiger partial charge in [0.25, 0.3) is 0 Å². The van der Waals surface area contributed by atoms with Gasteiger partial charge < -0.3 is 14.6 Å². The van der Waals surface area contributed by atoms with E-state index in [2.05, 4.69) is 6.07 Å². The maximum atomic E-state index is 11.0. The zero-order valence-corrected chi connectivity index (χ0v) is 17.6. The van der Waals surface area contributed by atoms with Gasteiger partial charge in [-0.05, 0) is 66.1 Å². The summed E-state index contributed by atoms with van der Waals surface area (Å²) in [7, 11) is 0. The van der Waals surface area contributed by atoms with E-state index in [9.17, 15) is 10.1 Å². The fraction of sp³-hybridized carbons (Fsp3) is 0.120. The predicted octanol–water partition coefficient (Wildman–Crippen LogP) is 6.08. The van der Waals surface area contributed by atoms with Crippen LogP contribution >= 0.6 is 11.6 Å². The minimum Gasteiger partial charge on any atom is -0.490 e. The lowest BCUT2D eigenvalue weighted by molar-refractivity contribution is 0.0697. The quantitative estimate of drug-likeness (QED) is 0.344. The number of benzene rings is 3. The maximum absolute atomic E-state index is 11.0. The lowest BCUT2D eigenvalue weighted by Crippen LogP contribution is -2.00. The molecule has 5 nitrogen and oxygen atoms in total. The van der Waals surface area contributed by atoms with Crippen LogP contribution in [0.1, 0.15) is 34.0 Å². The SMILES string of the molecule is CCOc1cc(C=C(C#N)c2ccc(C(=O)O)cc2)ccc1OCc1ccc(Cl)cc1. The Bertz CT molecular complexity index is 1130. The number of nitrogens with zero attached hydrogens (tertiary/aromatic N) is 1. The Hall–Kier alpha value is -3.75. The van der Waals surface area contributed by atoms with Crippen molar-refractivity contribution in [2.24, 2.45) is 0 Å². The van der Waals surface area contributed by atoms with Crippen LogP contribution in [0.3, 0.4) is 0 Å². The van der Waals surface area contributed by atoms with Crippen molar-refractivity contribution in [1.29, 1.82) is 5.26 Å². The van der Waals surface area contributed by atoms with Crippen LogP contribution in [-0.4, -0.2) is 17.7 Å². The maximum Gasteiger partial charge on any atom is 0.335 e. The van der Waals surface area contributed by atoms with Gasteiger partial charge >= 0.3 is 5.97 Å². The molecule has 156 valence electrons. The van der Waals surface area contributed by atoms with Crippen molar-refractivity contribution in [3.63, 3.8) is 0 Å². The Kier molecular flexibility index (Phi) is 7.31. The van der Waals surface area contributed by atoms with Gasteiger partial charge in [-0.1, -0.05) is 41.9 Å². The van der Waals surface area contributed by atoms with Crippen molar-refractivity contribution in [2.45, 2.75) is 13.5 Å². The molecule has 0 spiro atoms. The number of nitriles is 1. The number of hydrogen-bond acceptors (Lipinski definition) is 4. The van der Waals surface area contributed by atoms with Crippen molar-refractivity contribution < 1.29 is 19.4 Å². The van der Waals surface area contributed by atoms with Crippen LogP contribution in [0.15, 0.2) is 66.7 Å². The Morgan fingerprint density at radius 2 is 1.68 bits per heavy atom. The van der Waals surface area contributed by atoms with Gasteiger partial charge in [0.15, 0.2) is 11.5 Å². The van der Waals surface area contributed by atoms with Crippen molar-refractivity contribution in [2.75, 3.05) is 6.61 Å². The second kappa shape index (κ2) is 10.3. The molecule has 3 aromatic rings. The number of hydrogen-bond donors (Lipinski definition) is 1. The Balaban J connectivity index is 1.83. The average molecular weight is 434 g/mol. The van der Waals surface area contributed by atoms with E-state index in [-0.39, 0.29) is 5.56 Å². The lowest BCUT2D eigenvalue weighted by atomic mass is 10.0. The molecule has 0 saturated heterocycles. The van der Waals surface area contributed by atoms with Gasteiger partial charge in [0.05, 0.1) is 23.8 Å². The molecule has 3 aromatic carbocycles. The van der Waals surface area contributed by atoms with Gasteiger partial charge in [0.1, 0.15) is 6.61 Å². The molecular weight excluding hydrogens is 414 g/mol. The molecule has 0 aromatic heterocycles. The highest BCUT2D eigenvalue weighted by Gasteiger charge is 2.09. The minimum atomic E-state index is -1.01. The Labute approximate surface area is 185 Å². The summed E-state index contributed by atoms with van der Waals surface area (Å²) in [5, 5.41) is 19.3. The smallest absolute Gasteiger partial charge is 0.335 e. The first kappa shape index (κ1) is 21.9. The normalized spacial score (nSPS) is 10.9. The summed E-state index contributed by atoms with van der Waals surface area (Å²) in [5.41, 5.74) is 2.96. The number of halogens is 1. The molecule has 0 aliphatic rings. The monoisotopic (exact) mass is 433 g/mol. The summed E-state index contributed by atoms with van der Waals surface area (Å²) in [4.78, 5) is 11.0. The van der Waals surface area contributed by atoms with E-state index >= 15 is 0 Å². The number of carbonyl (C=O) groups is 1. The molecule has 1 N–H and O–H groups in total. The number of carboxylic acid groups (broad SMARTS) is 1. The highest BCUT2D eigenvalue weighted by molar-refractivity contribution is 6.30. The predicted molar refractivity (Wildman–Crippen MR) is 120 cm³/mol. The second-order valence-corrected chi connectivity index (χ2v) is 7.04. The third-order valence-corrected chi connectivity index (χ3v) is 4.70. The number of allylic oxidation sites excluding steroid dienone is 1. The van der Waals surface area contributed by atoms with Crippen LogP contribution in [0.2, 0.25) is 5.02 Å². The van der Waals surface area contributed by atoms with Crippen molar-refractivity contribution in [1.82, 2.24) is 0 Å². The average Bonchev–Trinajstić information content (AvgIpc) is 2.78. The Morgan fingerprint density at radius 1 is 1.00 bits per heavy atom. The van der Waals surface area contributed by atoms with E-state index in [1.807, 2.05) is 43.3 Å². The molecule has 0 bridgehead atoms. The minimum absolute atomic E-state index is 0.168. The molecule has 0 radical (unpaired) electrons. The number of ether oxygens (including phenoxy) is 2. The molecule has 0 aliphatic heterocycles. The topological polar surface area (TPSA) is 79.5 Å². The van der Waals surface area contributed by atoms with Gasteiger partial charge in [0.2, 0.25) is 0 Å². The number of carboxylic acids is 1. The molecule has 0 heterocycles. The van der Waals surface area contributed by atoms with Crippen LogP contribution in [0.25, 0.3) is 11.6 Å². The highest BCUT2D eigenvalue weighted by atomic mass is 35.5. The van der Waals surface area contributed by atoms with Gasteiger partial charge in [-0.3, -0.25) is 0 Å². The zero-order chi connectivity index (χ0) is 22.2. The van der Waals surface area contributed by atoms with Gasteiger partial charge in [0, 0.05) is 5.02 Å². The summed E-state index contributed by atoms with van der Waals surface area (Å²) >= 11 is 5.92. The first-order valence-electron chi connectivity index (χ1n) is 9.59. The van der Waals surface area contributed by atoms with E-state index < -0.39 is 5.97 Å². The molecule has 0 fully saturated rings. The van der Waals surface area contributed by atoms with Crippen LogP contribution in [0, 0.1) is 11.3 Å². The van der Waals surface area contributed by atoms with E-state index in [1.54, 1.807) is 24.3 Å². The molecule has 3 rings (SSSR count). The third-order valence-electron chi connectivity index (χ3n) is 4.45. The van der Waals surface area contributed by atoms with Gasteiger partial charge in [-0.15, -0.1) is 0 Å². The van der Waals surface area contributed by atoms with E-state index in [0.29, 0.717) is 40.9 Å². The van der Waals surface area contributed by atoms with E-state index in [4.69, 9.17) is 26.2 Å². The molecule has 6 heteroatoms. The summed E-state index contributed by atoms with van der Waals surface area (Å²) < 4.78 is 11.6. The van der Waals surface area contributed by atoms with Crippen molar-refractivity contribution in [3.05, 3.63) is 94.0 Å². The number of rotatable bonds is 8. The van der Waals surface area contributed by atoms with Crippen LogP contribution in [0.5, 0.6) is 11.5 Å². The van der Waals surface area contributed by atoms with E-state index in [1.165, 1.54) is 12.1 Å². The fourth-order valence-electron chi connectivity index (χ4n) is 2.88. The molecule has 0 atom stereocenters. The Morgan fingerprint density at radius 3 is 2.29 bits per heavy atom. The zero-order valence-electron chi connectivity index (χ0n) is 16.8. The summed E-state index contributed by atoms with van der Waals surface area (Å²) in [6.45, 7) is 2.72. The first-order valence-corrected chi connectivity index (χ1v) is 9.97. The molecule has 0 amide bonds. The molecule has 0 unspecified atom stereocenters. The standard InChI is InChI=1S/C25H20ClNO4/c1-2-30-24-14-18(5-12-23(24)31-16-17-3-10-22(26)11-4-17)13-21(15-27)19-6-8-20(9-7-19)25(28)29/h3-14H,2,16H2,1H3,(H,28,29). The number of aromatic carboxylic acids is 1. The second-order valence-electron chi connectivity index (χ2n) is 6.61. The van der Waals surface area contributed by atoms with Gasteiger partial charge in [-0.25, -0.2) is 4.79 Å². The van der Waals surface area contributed by atoms with Crippen LogP contribution in [0.4, 0.5) is 0 Å². The van der Waals surface area contributed by atoms with Gasteiger partial charge in [-0.2, -0.15) is 5.26 Å². The van der Waals surface area contributed by atoms with Crippen molar-refractivity contribution in [3.8, 4) is 17.6 Å². The largest absolute Gasteiger partial charge is 0.490 e. The summed E-state index contributed by atoms with van der Waals surface area (Å²) in [6.07, 6.45) is 1.72. The molecular formula is C25H20ClNO4. The fourth-order valence-corrected chi connectivity index (χ4v) is 3.01. The van der Waals surface area contributed by atoms with E-state index in [0.717, 1.165) is 11.1 Å². The molecule has 0 aliphatic carbocycles. The third kappa shape index (κ3) is 5.88. The first-order chi connectivity index (χ1) is 15.0. The summed E-state index contributed by atoms with van der Waals surface area (Å²) in [6, 6.07) is 21.2. The highest BCUT2D eigenvalue weighted by Crippen LogP contribution is 2.31.